The van der Waals surface area contributed by atoms with Gasteiger partial charge in [0.2, 0.25) is 0 Å². The molecule has 4 nitrogen and oxygen atoms in total. The molecule has 0 saturated carbocycles. The molecular formula is C17H25N3O. The summed E-state index contributed by atoms with van der Waals surface area (Å²) in [5.41, 5.74) is 7.46. The number of carbonyl (C=O) groups is 1. The zero-order chi connectivity index (χ0) is 14.7. The van der Waals surface area contributed by atoms with Crippen molar-refractivity contribution in [1.82, 2.24) is 9.80 Å². The van der Waals surface area contributed by atoms with Gasteiger partial charge in [-0.25, -0.2) is 0 Å². The monoisotopic (exact) mass is 287 g/mol. The summed E-state index contributed by atoms with van der Waals surface area (Å²) < 4.78 is 0. The molecule has 0 radical (unpaired) electrons. The predicted molar refractivity (Wildman–Crippen MR) is 84.1 cm³/mol. The van der Waals surface area contributed by atoms with Crippen LogP contribution in [0.5, 0.6) is 0 Å². The lowest BCUT2D eigenvalue weighted by Gasteiger charge is -2.32. The Morgan fingerprint density at radius 3 is 2.76 bits per heavy atom. The molecular weight excluding hydrogens is 262 g/mol. The van der Waals surface area contributed by atoms with Gasteiger partial charge in [-0.1, -0.05) is 18.6 Å². The van der Waals surface area contributed by atoms with Crippen LogP contribution in [-0.4, -0.2) is 47.9 Å². The van der Waals surface area contributed by atoms with Gasteiger partial charge in [0.15, 0.2) is 0 Å². The smallest absolute Gasteiger partial charge is 0.253 e. The number of nitrogens with zero attached hydrogens (tertiary/aromatic N) is 2. The van der Waals surface area contributed by atoms with Gasteiger partial charge in [0.1, 0.15) is 0 Å². The van der Waals surface area contributed by atoms with E-state index in [2.05, 4.69) is 4.90 Å². The Hall–Kier alpha value is -1.39. The maximum Gasteiger partial charge on any atom is 0.253 e. The van der Waals surface area contributed by atoms with Gasteiger partial charge in [0.05, 0.1) is 0 Å². The van der Waals surface area contributed by atoms with E-state index in [0.717, 1.165) is 30.6 Å². The molecule has 1 unspecified atom stereocenters. The van der Waals surface area contributed by atoms with Gasteiger partial charge in [-0.3, -0.25) is 9.69 Å². The van der Waals surface area contributed by atoms with Crippen LogP contribution in [0.1, 0.15) is 41.6 Å². The Kier molecular flexibility index (Phi) is 4.56. The number of hydrogen-bond acceptors (Lipinski definition) is 3. The van der Waals surface area contributed by atoms with Crippen molar-refractivity contribution in [2.75, 3.05) is 26.2 Å². The Balaban J connectivity index is 1.63. The van der Waals surface area contributed by atoms with Gasteiger partial charge in [-0.15, -0.1) is 0 Å². The highest BCUT2D eigenvalue weighted by Crippen LogP contribution is 2.21. The lowest BCUT2D eigenvalue weighted by molar-refractivity contribution is 0.0771. The summed E-state index contributed by atoms with van der Waals surface area (Å²) in [6, 6.07) is 8.28. The molecule has 2 aliphatic rings. The van der Waals surface area contributed by atoms with Gasteiger partial charge in [0.25, 0.3) is 5.91 Å². The molecule has 1 aromatic rings. The second-order valence-corrected chi connectivity index (χ2v) is 6.19. The Morgan fingerprint density at radius 2 is 2.00 bits per heavy atom. The van der Waals surface area contributed by atoms with Crippen molar-refractivity contribution in [2.45, 2.75) is 38.3 Å². The van der Waals surface area contributed by atoms with E-state index in [9.17, 15) is 4.79 Å². The first-order chi connectivity index (χ1) is 10.3. The van der Waals surface area contributed by atoms with E-state index in [4.69, 9.17) is 5.73 Å². The molecule has 4 heteroatoms. The minimum absolute atomic E-state index is 0.157. The first-order valence-corrected chi connectivity index (χ1v) is 8.10. The fourth-order valence-corrected chi connectivity index (χ4v) is 3.52. The third-order valence-electron chi connectivity index (χ3n) is 4.77. The SMILES string of the molecule is NCc1cccc(C(=O)N2CCC(N3CCCCC3)C2)c1. The van der Waals surface area contributed by atoms with E-state index < -0.39 is 0 Å². The molecule has 1 atom stereocenters. The van der Waals surface area contributed by atoms with Crippen LogP contribution in [0.25, 0.3) is 0 Å². The summed E-state index contributed by atoms with van der Waals surface area (Å²) in [7, 11) is 0. The molecule has 2 saturated heterocycles. The average Bonchev–Trinajstić information content (AvgIpc) is 3.05. The van der Waals surface area contributed by atoms with Gasteiger partial charge >= 0.3 is 0 Å². The standard InChI is InChI=1S/C17H25N3O/c18-12-14-5-4-6-15(11-14)17(21)20-10-7-16(13-20)19-8-2-1-3-9-19/h4-6,11,16H,1-3,7-10,12-13,18H2. The lowest BCUT2D eigenvalue weighted by Crippen LogP contribution is -2.41. The van der Waals surface area contributed by atoms with E-state index in [1.54, 1.807) is 0 Å². The number of nitrogens with two attached hydrogens (primary N) is 1. The molecule has 3 rings (SSSR count). The lowest BCUT2D eigenvalue weighted by atomic mass is 10.1. The second kappa shape index (κ2) is 6.58. The van der Waals surface area contributed by atoms with Crippen molar-refractivity contribution in [1.29, 1.82) is 0 Å². The average molecular weight is 287 g/mol. The first kappa shape index (κ1) is 14.5. The minimum Gasteiger partial charge on any atom is -0.337 e. The first-order valence-electron chi connectivity index (χ1n) is 8.10. The molecule has 0 bridgehead atoms. The highest BCUT2D eigenvalue weighted by molar-refractivity contribution is 5.94. The quantitative estimate of drug-likeness (QED) is 0.923. The van der Waals surface area contributed by atoms with Crippen molar-refractivity contribution in [3.8, 4) is 0 Å². The third kappa shape index (κ3) is 3.27. The third-order valence-corrected chi connectivity index (χ3v) is 4.77. The van der Waals surface area contributed by atoms with Crippen LogP contribution < -0.4 is 5.73 Å². The van der Waals surface area contributed by atoms with E-state index in [1.807, 2.05) is 29.2 Å². The van der Waals surface area contributed by atoms with Gasteiger partial charge < -0.3 is 10.6 Å². The minimum atomic E-state index is 0.157. The summed E-state index contributed by atoms with van der Waals surface area (Å²) >= 11 is 0. The summed E-state index contributed by atoms with van der Waals surface area (Å²) in [5.74, 6) is 0.157. The second-order valence-electron chi connectivity index (χ2n) is 6.19. The van der Waals surface area contributed by atoms with Gasteiger partial charge in [-0.05, 0) is 50.0 Å². The summed E-state index contributed by atoms with van der Waals surface area (Å²) in [4.78, 5) is 17.2. The van der Waals surface area contributed by atoms with Crippen LogP contribution in [-0.2, 0) is 6.54 Å². The number of benzene rings is 1. The molecule has 1 amide bonds. The molecule has 114 valence electrons. The molecule has 2 heterocycles. The highest BCUT2D eigenvalue weighted by atomic mass is 16.2. The molecule has 0 aliphatic carbocycles. The Bertz CT molecular complexity index is 497. The Morgan fingerprint density at radius 1 is 1.19 bits per heavy atom. The van der Waals surface area contributed by atoms with Gasteiger partial charge in [0, 0.05) is 31.2 Å². The fraction of sp³-hybridized carbons (Fsp3) is 0.588. The van der Waals surface area contributed by atoms with Crippen LogP contribution in [0, 0.1) is 0 Å². The van der Waals surface area contributed by atoms with Crippen LogP contribution >= 0.6 is 0 Å². The van der Waals surface area contributed by atoms with Crippen molar-refractivity contribution < 1.29 is 4.79 Å². The van der Waals surface area contributed by atoms with Gasteiger partial charge in [-0.2, -0.15) is 0 Å². The fourth-order valence-electron chi connectivity index (χ4n) is 3.52. The number of piperidine rings is 1. The highest BCUT2D eigenvalue weighted by Gasteiger charge is 2.31. The van der Waals surface area contributed by atoms with E-state index >= 15 is 0 Å². The number of rotatable bonds is 3. The maximum absolute atomic E-state index is 12.6. The normalized spacial score (nSPS) is 23.5. The van der Waals surface area contributed by atoms with E-state index in [0.29, 0.717) is 12.6 Å². The topological polar surface area (TPSA) is 49.6 Å². The summed E-state index contributed by atoms with van der Waals surface area (Å²) in [5, 5.41) is 0. The number of likely N-dealkylation sites (tertiary alicyclic amines) is 2. The molecule has 2 aliphatic heterocycles. The molecule has 1 aromatic carbocycles. The maximum atomic E-state index is 12.6. The molecule has 0 aromatic heterocycles. The predicted octanol–water partition coefficient (Wildman–Crippen LogP) is 1.85. The summed E-state index contributed by atoms with van der Waals surface area (Å²) in [6.07, 6.45) is 5.09. The molecule has 2 N–H and O–H groups in total. The Labute approximate surface area is 126 Å². The largest absolute Gasteiger partial charge is 0.337 e. The zero-order valence-electron chi connectivity index (χ0n) is 12.6. The van der Waals surface area contributed by atoms with Crippen molar-refractivity contribution in [3.63, 3.8) is 0 Å². The zero-order valence-corrected chi connectivity index (χ0v) is 12.6. The van der Waals surface area contributed by atoms with Crippen LogP contribution in [0.3, 0.4) is 0 Å². The van der Waals surface area contributed by atoms with Crippen molar-refractivity contribution in [3.05, 3.63) is 35.4 Å². The van der Waals surface area contributed by atoms with Crippen LogP contribution in [0.4, 0.5) is 0 Å². The van der Waals surface area contributed by atoms with Crippen molar-refractivity contribution >= 4 is 5.91 Å². The van der Waals surface area contributed by atoms with E-state index in [-0.39, 0.29) is 5.91 Å². The van der Waals surface area contributed by atoms with Crippen molar-refractivity contribution in [2.24, 2.45) is 5.73 Å². The molecule has 0 spiro atoms. The molecule has 21 heavy (non-hydrogen) atoms. The number of carbonyl (C=O) groups excluding carboxylic acids is 1. The number of amides is 1. The van der Waals surface area contributed by atoms with E-state index in [1.165, 1.54) is 32.4 Å². The number of hydrogen-bond donors (Lipinski definition) is 1. The molecule has 2 fully saturated rings. The van der Waals surface area contributed by atoms with Crippen LogP contribution in [0.15, 0.2) is 24.3 Å². The summed E-state index contributed by atoms with van der Waals surface area (Å²) in [6.45, 7) is 4.65. The van der Waals surface area contributed by atoms with Crippen LogP contribution in [0.2, 0.25) is 0 Å².